The highest BCUT2D eigenvalue weighted by Gasteiger charge is 2.07. The van der Waals surface area contributed by atoms with Crippen molar-refractivity contribution in [1.29, 1.82) is 0 Å². The lowest BCUT2D eigenvalue weighted by Crippen LogP contribution is -1.99. The fraction of sp³-hybridized carbons (Fsp3) is 0.0625. The van der Waals surface area contributed by atoms with E-state index in [0.29, 0.717) is 12.2 Å². The van der Waals surface area contributed by atoms with Crippen molar-refractivity contribution >= 4 is 16.7 Å². The number of pyridine rings is 1. The first kappa shape index (κ1) is 11.5. The molecule has 3 N–H and O–H groups in total. The monoisotopic (exact) mass is 250 g/mol. The Kier molecular flexibility index (Phi) is 2.80. The zero-order valence-electron chi connectivity index (χ0n) is 10.4. The Labute approximate surface area is 111 Å². The molecule has 94 valence electrons. The number of nitrogen functional groups attached to an aromatic ring is 1. The number of anilines is 1. The Morgan fingerprint density at radius 2 is 1.68 bits per heavy atom. The van der Waals surface area contributed by atoms with Gasteiger partial charge in [0.05, 0.1) is 5.52 Å². The van der Waals surface area contributed by atoms with Crippen LogP contribution in [-0.2, 0) is 6.42 Å². The maximum absolute atomic E-state index is 9.81. The van der Waals surface area contributed by atoms with Crippen molar-refractivity contribution in [1.82, 2.24) is 4.98 Å². The third-order valence-electron chi connectivity index (χ3n) is 3.21. The average molecular weight is 250 g/mol. The number of phenols is 1. The minimum Gasteiger partial charge on any atom is -0.508 e. The highest BCUT2D eigenvalue weighted by atomic mass is 16.3. The van der Waals surface area contributed by atoms with Gasteiger partial charge in [-0.3, -0.25) is 0 Å². The second-order valence-electron chi connectivity index (χ2n) is 4.53. The molecule has 3 heteroatoms. The number of nitrogens with zero attached hydrogens (tertiary/aromatic N) is 1. The molecule has 0 aliphatic heterocycles. The number of aromatic hydroxyl groups is 1. The molecular formula is C16H14N2O. The zero-order chi connectivity index (χ0) is 13.2. The predicted molar refractivity (Wildman–Crippen MR) is 77.1 cm³/mol. The van der Waals surface area contributed by atoms with Crippen LogP contribution in [0.2, 0.25) is 0 Å². The number of nitrogens with two attached hydrogens (primary N) is 1. The van der Waals surface area contributed by atoms with Crippen molar-refractivity contribution < 1.29 is 5.11 Å². The molecule has 0 unspecified atom stereocenters. The van der Waals surface area contributed by atoms with Gasteiger partial charge in [0, 0.05) is 11.8 Å². The number of fused-ring (bicyclic) bond motifs is 1. The van der Waals surface area contributed by atoms with Crippen LogP contribution in [0.4, 0.5) is 5.82 Å². The van der Waals surface area contributed by atoms with Crippen molar-refractivity contribution in [2.45, 2.75) is 6.42 Å². The van der Waals surface area contributed by atoms with Crippen molar-refractivity contribution in [2.24, 2.45) is 0 Å². The quantitative estimate of drug-likeness (QED) is 0.734. The van der Waals surface area contributed by atoms with Gasteiger partial charge in [-0.2, -0.15) is 0 Å². The average Bonchev–Trinajstić information content (AvgIpc) is 2.42. The maximum Gasteiger partial charge on any atom is 0.127 e. The summed E-state index contributed by atoms with van der Waals surface area (Å²) in [4.78, 5) is 4.40. The van der Waals surface area contributed by atoms with Crippen LogP contribution in [0.25, 0.3) is 10.9 Å². The Morgan fingerprint density at radius 1 is 0.947 bits per heavy atom. The summed E-state index contributed by atoms with van der Waals surface area (Å²) < 4.78 is 0. The SMILES string of the molecule is Nc1nc2ccccc2cc1Cc1ccccc1O. The fourth-order valence-corrected chi connectivity index (χ4v) is 2.18. The van der Waals surface area contributed by atoms with Crippen LogP contribution in [0.5, 0.6) is 5.75 Å². The molecule has 0 aliphatic rings. The summed E-state index contributed by atoms with van der Waals surface area (Å²) in [6.07, 6.45) is 0.580. The molecule has 0 aliphatic carbocycles. The van der Waals surface area contributed by atoms with Crippen molar-refractivity contribution in [3.63, 3.8) is 0 Å². The van der Waals surface area contributed by atoms with Gasteiger partial charge < -0.3 is 10.8 Å². The number of hydrogen-bond acceptors (Lipinski definition) is 3. The van der Waals surface area contributed by atoms with Gasteiger partial charge in [0.15, 0.2) is 0 Å². The molecule has 3 nitrogen and oxygen atoms in total. The molecule has 0 fully saturated rings. The molecule has 3 aromatic rings. The Hall–Kier alpha value is -2.55. The highest BCUT2D eigenvalue weighted by Crippen LogP contribution is 2.24. The van der Waals surface area contributed by atoms with E-state index in [9.17, 15) is 5.11 Å². The van der Waals surface area contributed by atoms with Crippen LogP contribution >= 0.6 is 0 Å². The first-order valence-electron chi connectivity index (χ1n) is 6.15. The molecule has 2 aromatic carbocycles. The second kappa shape index (κ2) is 4.61. The first-order chi connectivity index (χ1) is 9.24. The first-order valence-corrected chi connectivity index (χ1v) is 6.15. The van der Waals surface area contributed by atoms with Crippen LogP contribution in [-0.4, -0.2) is 10.1 Å². The Balaban J connectivity index is 2.06. The standard InChI is InChI=1S/C16H14N2O/c17-16-13(10-12-6-2-4-8-15(12)19)9-11-5-1-3-7-14(11)18-16/h1-9,19H,10H2,(H2,17,18). The Morgan fingerprint density at radius 3 is 2.53 bits per heavy atom. The van der Waals surface area contributed by atoms with Gasteiger partial charge in [-0.1, -0.05) is 36.4 Å². The summed E-state index contributed by atoms with van der Waals surface area (Å²) in [5, 5.41) is 10.9. The smallest absolute Gasteiger partial charge is 0.127 e. The van der Waals surface area contributed by atoms with E-state index in [-0.39, 0.29) is 5.75 Å². The summed E-state index contributed by atoms with van der Waals surface area (Å²) >= 11 is 0. The van der Waals surface area contributed by atoms with Gasteiger partial charge in [0.2, 0.25) is 0 Å². The molecule has 0 amide bonds. The fourth-order valence-electron chi connectivity index (χ4n) is 2.18. The van der Waals surface area contributed by atoms with Crippen LogP contribution in [0.3, 0.4) is 0 Å². The van der Waals surface area contributed by atoms with Crippen molar-refractivity contribution in [3.05, 3.63) is 65.7 Å². The van der Waals surface area contributed by atoms with E-state index < -0.39 is 0 Å². The predicted octanol–water partition coefficient (Wildman–Crippen LogP) is 3.11. The molecule has 0 saturated carbocycles. The third kappa shape index (κ3) is 2.22. The normalized spacial score (nSPS) is 10.7. The summed E-state index contributed by atoms with van der Waals surface area (Å²) in [6, 6.07) is 17.2. The largest absolute Gasteiger partial charge is 0.508 e. The van der Waals surface area contributed by atoms with Gasteiger partial charge >= 0.3 is 0 Å². The van der Waals surface area contributed by atoms with E-state index in [4.69, 9.17) is 5.73 Å². The summed E-state index contributed by atoms with van der Waals surface area (Å²) in [5.41, 5.74) is 8.67. The second-order valence-corrected chi connectivity index (χ2v) is 4.53. The topological polar surface area (TPSA) is 59.1 Å². The lowest BCUT2D eigenvalue weighted by molar-refractivity contribution is 0.469. The minimum atomic E-state index is 0.287. The van der Waals surface area contributed by atoms with Gasteiger partial charge in [-0.05, 0) is 29.3 Å². The lowest BCUT2D eigenvalue weighted by Gasteiger charge is -2.08. The third-order valence-corrected chi connectivity index (χ3v) is 3.21. The van der Waals surface area contributed by atoms with Crippen LogP contribution in [0.1, 0.15) is 11.1 Å². The van der Waals surface area contributed by atoms with Gasteiger partial charge in [-0.15, -0.1) is 0 Å². The number of rotatable bonds is 2. The molecule has 0 bridgehead atoms. The number of benzene rings is 2. The van der Waals surface area contributed by atoms with Gasteiger partial charge in [0.25, 0.3) is 0 Å². The van der Waals surface area contributed by atoms with E-state index >= 15 is 0 Å². The number of aromatic nitrogens is 1. The highest BCUT2D eigenvalue weighted by molar-refractivity contribution is 5.81. The van der Waals surface area contributed by atoms with Crippen molar-refractivity contribution in [2.75, 3.05) is 5.73 Å². The van der Waals surface area contributed by atoms with E-state index in [0.717, 1.165) is 22.0 Å². The number of hydrogen-bond donors (Lipinski definition) is 2. The minimum absolute atomic E-state index is 0.287. The number of para-hydroxylation sites is 2. The van der Waals surface area contributed by atoms with Crippen LogP contribution in [0, 0.1) is 0 Å². The molecular weight excluding hydrogens is 236 g/mol. The van der Waals surface area contributed by atoms with E-state index in [1.165, 1.54) is 0 Å². The summed E-state index contributed by atoms with van der Waals surface area (Å²) in [6.45, 7) is 0. The van der Waals surface area contributed by atoms with E-state index in [1.807, 2.05) is 42.5 Å². The molecule has 0 saturated heterocycles. The Bertz CT molecular complexity index is 738. The molecule has 0 spiro atoms. The molecule has 3 rings (SSSR count). The maximum atomic E-state index is 9.81. The zero-order valence-corrected chi connectivity index (χ0v) is 10.4. The van der Waals surface area contributed by atoms with E-state index in [1.54, 1.807) is 12.1 Å². The molecule has 19 heavy (non-hydrogen) atoms. The van der Waals surface area contributed by atoms with Crippen LogP contribution in [0.15, 0.2) is 54.6 Å². The van der Waals surface area contributed by atoms with Gasteiger partial charge in [-0.25, -0.2) is 4.98 Å². The molecule has 1 heterocycles. The molecule has 1 aromatic heterocycles. The van der Waals surface area contributed by atoms with Crippen LogP contribution < -0.4 is 5.73 Å². The molecule has 0 atom stereocenters. The molecule has 0 radical (unpaired) electrons. The summed E-state index contributed by atoms with van der Waals surface area (Å²) in [5.74, 6) is 0.803. The lowest BCUT2D eigenvalue weighted by atomic mass is 10.0. The summed E-state index contributed by atoms with van der Waals surface area (Å²) in [7, 11) is 0. The number of phenolic OH excluding ortho intramolecular Hbond substituents is 1. The van der Waals surface area contributed by atoms with Crippen molar-refractivity contribution in [3.8, 4) is 5.75 Å². The van der Waals surface area contributed by atoms with E-state index in [2.05, 4.69) is 4.98 Å². The van der Waals surface area contributed by atoms with Gasteiger partial charge in [0.1, 0.15) is 11.6 Å².